The van der Waals surface area contributed by atoms with Crippen LogP contribution >= 0.6 is 11.6 Å². The molecule has 0 aliphatic heterocycles. The number of hydrogen-bond donors (Lipinski definition) is 1. The first-order valence-corrected chi connectivity index (χ1v) is 7.26. The topological polar surface area (TPSA) is 59.3 Å². The van der Waals surface area contributed by atoms with Gasteiger partial charge in [0.15, 0.2) is 0 Å². The first kappa shape index (κ1) is 15.1. The molecule has 0 spiro atoms. The Morgan fingerprint density at radius 3 is 2.61 bits per heavy atom. The van der Waals surface area contributed by atoms with Gasteiger partial charge in [0.25, 0.3) is 0 Å². The number of carbonyl (C=O) groups is 1. The van der Waals surface area contributed by atoms with Crippen LogP contribution in [0.25, 0.3) is 17.0 Å². The molecule has 23 heavy (non-hydrogen) atoms. The molecule has 3 rings (SSSR count). The van der Waals surface area contributed by atoms with E-state index >= 15 is 0 Å². The van der Waals surface area contributed by atoms with Gasteiger partial charge < -0.3 is 9.73 Å². The van der Waals surface area contributed by atoms with Gasteiger partial charge in [-0.25, -0.2) is 4.79 Å². The van der Waals surface area contributed by atoms with Crippen molar-refractivity contribution in [3.8, 4) is 0 Å². The molecule has 114 valence electrons. The quantitative estimate of drug-likeness (QED) is 0.582. The van der Waals surface area contributed by atoms with Gasteiger partial charge in [-0.1, -0.05) is 23.7 Å². The zero-order valence-corrected chi connectivity index (χ0v) is 12.7. The van der Waals surface area contributed by atoms with Crippen molar-refractivity contribution < 1.29 is 9.21 Å². The number of halogens is 1. The standard InChI is InChI=1S/C18H12ClNO3/c19-14-5-1-12(2-6-14)3-9-17(21)20-15-7-8-16-13(11-15)4-10-18(22)23-16/h1-11H,(H,20,21)/b9-3+. The summed E-state index contributed by atoms with van der Waals surface area (Å²) in [6.07, 6.45) is 3.14. The summed E-state index contributed by atoms with van der Waals surface area (Å²) in [6, 6.07) is 15.2. The van der Waals surface area contributed by atoms with E-state index in [1.165, 1.54) is 12.1 Å². The van der Waals surface area contributed by atoms with Gasteiger partial charge >= 0.3 is 5.63 Å². The van der Waals surface area contributed by atoms with E-state index in [9.17, 15) is 9.59 Å². The lowest BCUT2D eigenvalue weighted by molar-refractivity contribution is -0.111. The molecule has 0 aliphatic rings. The second kappa shape index (κ2) is 6.50. The van der Waals surface area contributed by atoms with Crippen molar-refractivity contribution in [1.82, 2.24) is 0 Å². The van der Waals surface area contributed by atoms with E-state index < -0.39 is 5.63 Å². The largest absolute Gasteiger partial charge is 0.423 e. The van der Waals surface area contributed by atoms with Gasteiger partial charge in [-0.2, -0.15) is 0 Å². The van der Waals surface area contributed by atoms with Crippen LogP contribution in [0.15, 0.2) is 69.9 Å². The van der Waals surface area contributed by atoms with E-state index in [0.29, 0.717) is 16.3 Å². The highest BCUT2D eigenvalue weighted by molar-refractivity contribution is 6.30. The van der Waals surface area contributed by atoms with Crippen molar-refractivity contribution in [2.75, 3.05) is 5.32 Å². The van der Waals surface area contributed by atoms with E-state index in [-0.39, 0.29) is 5.91 Å². The molecule has 3 aromatic rings. The molecular weight excluding hydrogens is 314 g/mol. The Bertz CT molecular complexity index is 942. The molecule has 2 aromatic carbocycles. The minimum atomic E-state index is -0.403. The first-order valence-electron chi connectivity index (χ1n) is 6.89. The van der Waals surface area contributed by atoms with Gasteiger partial charge in [0, 0.05) is 28.2 Å². The Hall–Kier alpha value is -2.85. The average Bonchev–Trinajstić information content (AvgIpc) is 2.54. The highest BCUT2D eigenvalue weighted by Gasteiger charge is 2.02. The summed E-state index contributed by atoms with van der Waals surface area (Å²) in [5, 5.41) is 4.15. The highest BCUT2D eigenvalue weighted by Crippen LogP contribution is 2.17. The fraction of sp³-hybridized carbons (Fsp3) is 0. The third kappa shape index (κ3) is 3.87. The zero-order chi connectivity index (χ0) is 16.2. The van der Waals surface area contributed by atoms with Crippen LogP contribution in [0.5, 0.6) is 0 Å². The third-order valence-corrected chi connectivity index (χ3v) is 3.44. The van der Waals surface area contributed by atoms with Crippen LogP contribution in [-0.4, -0.2) is 5.91 Å². The number of carbonyl (C=O) groups excluding carboxylic acids is 1. The van der Waals surface area contributed by atoms with Crippen molar-refractivity contribution >= 4 is 40.2 Å². The molecule has 4 nitrogen and oxygen atoms in total. The van der Waals surface area contributed by atoms with Crippen molar-refractivity contribution in [1.29, 1.82) is 0 Å². The fourth-order valence-electron chi connectivity index (χ4n) is 2.08. The molecule has 0 atom stereocenters. The smallest absolute Gasteiger partial charge is 0.336 e. The predicted octanol–water partition coefficient (Wildman–Crippen LogP) is 4.10. The van der Waals surface area contributed by atoms with Gasteiger partial charge in [-0.15, -0.1) is 0 Å². The normalized spacial score (nSPS) is 11.0. The second-order valence-electron chi connectivity index (χ2n) is 4.88. The van der Waals surface area contributed by atoms with Crippen molar-refractivity contribution in [3.63, 3.8) is 0 Å². The molecule has 0 saturated carbocycles. The fourth-order valence-corrected chi connectivity index (χ4v) is 2.21. The first-order chi connectivity index (χ1) is 11.1. The molecule has 0 radical (unpaired) electrons. The number of rotatable bonds is 3. The lowest BCUT2D eigenvalue weighted by Crippen LogP contribution is -2.07. The molecule has 0 fully saturated rings. The predicted molar refractivity (Wildman–Crippen MR) is 91.6 cm³/mol. The van der Waals surface area contributed by atoms with E-state index in [4.69, 9.17) is 16.0 Å². The second-order valence-corrected chi connectivity index (χ2v) is 5.32. The minimum Gasteiger partial charge on any atom is -0.423 e. The summed E-state index contributed by atoms with van der Waals surface area (Å²) in [7, 11) is 0. The third-order valence-electron chi connectivity index (χ3n) is 3.18. The number of nitrogens with one attached hydrogen (secondary N) is 1. The highest BCUT2D eigenvalue weighted by atomic mass is 35.5. The van der Waals surface area contributed by atoms with Gasteiger partial charge in [0.05, 0.1) is 0 Å². The summed E-state index contributed by atoms with van der Waals surface area (Å²) in [4.78, 5) is 23.1. The number of amides is 1. The van der Waals surface area contributed by atoms with Crippen LogP contribution < -0.4 is 10.9 Å². The zero-order valence-electron chi connectivity index (χ0n) is 12.0. The summed E-state index contributed by atoms with van der Waals surface area (Å²) in [5.74, 6) is -0.253. The summed E-state index contributed by atoms with van der Waals surface area (Å²) >= 11 is 5.81. The SMILES string of the molecule is O=C(/C=C/c1ccc(Cl)cc1)Nc1ccc2oc(=O)ccc2c1. The van der Waals surface area contributed by atoms with E-state index in [1.54, 1.807) is 42.5 Å². The van der Waals surface area contributed by atoms with Crippen LogP contribution in [0, 0.1) is 0 Å². The van der Waals surface area contributed by atoms with Crippen molar-refractivity contribution in [2.45, 2.75) is 0 Å². The molecule has 1 N–H and O–H groups in total. The lowest BCUT2D eigenvalue weighted by Gasteiger charge is -2.03. The van der Waals surface area contributed by atoms with Crippen LogP contribution in [0.4, 0.5) is 5.69 Å². The maximum Gasteiger partial charge on any atom is 0.336 e. The molecule has 0 bridgehead atoms. The molecular formula is C18H12ClNO3. The molecule has 1 heterocycles. The van der Waals surface area contributed by atoms with Gasteiger partial charge in [0.1, 0.15) is 5.58 Å². The van der Waals surface area contributed by atoms with Crippen molar-refractivity contribution in [2.24, 2.45) is 0 Å². The maximum atomic E-state index is 11.9. The molecule has 0 saturated heterocycles. The van der Waals surface area contributed by atoms with Crippen LogP contribution in [0.2, 0.25) is 5.02 Å². The van der Waals surface area contributed by atoms with E-state index in [2.05, 4.69) is 5.32 Å². The number of hydrogen-bond acceptors (Lipinski definition) is 3. The van der Waals surface area contributed by atoms with E-state index in [1.807, 2.05) is 12.1 Å². The number of anilines is 1. The number of fused-ring (bicyclic) bond motifs is 1. The Labute approximate surface area is 137 Å². The molecule has 1 aromatic heterocycles. The number of benzene rings is 2. The summed E-state index contributed by atoms with van der Waals surface area (Å²) < 4.78 is 5.04. The Morgan fingerprint density at radius 2 is 1.83 bits per heavy atom. The summed E-state index contributed by atoms with van der Waals surface area (Å²) in [5.41, 5.74) is 1.58. The van der Waals surface area contributed by atoms with Crippen molar-refractivity contribution in [3.05, 3.63) is 81.7 Å². The van der Waals surface area contributed by atoms with Crippen LogP contribution in [-0.2, 0) is 4.79 Å². The monoisotopic (exact) mass is 325 g/mol. The van der Waals surface area contributed by atoms with Gasteiger partial charge in [0.2, 0.25) is 5.91 Å². The average molecular weight is 326 g/mol. The molecule has 5 heteroatoms. The molecule has 0 unspecified atom stereocenters. The Balaban J connectivity index is 1.73. The minimum absolute atomic E-state index is 0.253. The van der Waals surface area contributed by atoms with Gasteiger partial charge in [-0.3, -0.25) is 4.79 Å². The van der Waals surface area contributed by atoms with Crippen LogP contribution in [0.3, 0.4) is 0 Å². The molecule has 0 aliphatic carbocycles. The van der Waals surface area contributed by atoms with Gasteiger partial charge in [-0.05, 0) is 48.0 Å². The van der Waals surface area contributed by atoms with Crippen LogP contribution in [0.1, 0.15) is 5.56 Å². The van der Waals surface area contributed by atoms with E-state index in [0.717, 1.165) is 10.9 Å². The Kier molecular flexibility index (Phi) is 4.26. The lowest BCUT2D eigenvalue weighted by atomic mass is 10.2. The Morgan fingerprint density at radius 1 is 1.04 bits per heavy atom. The summed E-state index contributed by atoms with van der Waals surface area (Å²) in [6.45, 7) is 0. The molecule has 1 amide bonds. The maximum absolute atomic E-state index is 11.9.